The van der Waals surface area contributed by atoms with Crippen LogP contribution in [0.2, 0.25) is 0 Å². The lowest BCUT2D eigenvalue weighted by molar-refractivity contribution is 0.0522. The first kappa shape index (κ1) is 20.4. The second-order valence-corrected chi connectivity index (χ2v) is 8.11. The maximum Gasteiger partial charge on any atom is 0.340 e. The molecule has 1 aliphatic rings. The van der Waals surface area contributed by atoms with Gasteiger partial charge in [0.2, 0.25) is 0 Å². The summed E-state index contributed by atoms with van der Waals surface area (Å²) in [5.74, 6) is -0.133. The number of halogens is 1. The Bertz CT molecular complexity index is 968. The number of allylic oxidation sites excluding steroid dienone is 1. The van der Waals surface area contributed by atoms with Gasteiger partial charge in [-0.25, -0.2) is 4.79 Å². The van der Waals surface area contributed by atoms with Crippen molar-refractivity contribution in [2.24, 2.45) is 5.92 Å². The Hall–Kier alpha value is -2.29. The molecule has 1 aromatic carbocycles. The number of esters is 1. The average Bonchev–Trinajstić information content (AvgIpc) is 3.07. The highest BCUT2D eigenvalue weighted by Gasteiger charge is 2.40. The van der Waals surface area contributed by atoms with E-state index in [0.29, 0.717) is 17.7 Å². The molecular formula is C22H25ClN2O3. The van der Waals surface area contributed by atoms with E-state index in [0.717, 1.165) is 34.5 Å². The largest absolute Gasteiger partial charge is 0.462 e. The topological polar surface area (TPSA) is 75.1 Å². The number of nitrogens with one attached hydrogen (secondary N) is 1. The SMILES string of the molecule is CCOC(=O)c1c(C(C)(C)C2CC=C(Cl)C(OC)C2)[nH]c2cc(C#N)ccc12. The molecule has 148 valence electrons. The molecule has 6 heteroatoms. The van der Waals surface area contributed by atoms with E-state index in [2.05, 4.69) is 24.9 Å². The Balaban J connectivity index is 2.13. The van der Waals surface area contributed by atoms with Crippen molar-refractivity contribution in [1.82, 2.24) is 4.98 Å². The average molecular weight is 401 g/mol. The number of nitriles is 1. The zero-order valence-corrected chi connectivity index (χ0v) is 17.4. The summed E-state index contributed by atoms with van der Waals surface area (Å²) in [6.45, 7) is 6.34. The van der Waals surface area contributed by atoms with Crippen molar-refractivity contribution in [1.29, 1.82) is 5.26 Å². The van der Waals surface area contributed by atoms with E-state index >= 15 is 0 Å². The lowest BCUT2D eigenvalue weighted by atomic mass is 9.69. The Morgan fingerprint density at radius 1 is 1.43 bits per heavy atom. The van der Waals surface area contributed by atoms with Gasteiger partial charge < -0.3 is 14.5 Å². The summed E-state index contributed by atoms with van der Waals surface area (Å²) in [5.41, 5.74) is 2.31. The van der Waals surface area contributed by atoms with Gasteiger partial charge in [-0.3, -0.25) is 0 Å². The molecular weight excluding hydrogens is 376 g/mol. The number of hydrogen-bond acceptors (Lipinski definition) is 4. The van der Waals surface area contributed by atoms with Crippen LogP contribution in [0, 0.1) is 17.2 Å². The first-order valence-electron chi connectivity index (χ1n) is 9.45. The summed E-state index contributed by atoms with van der Waals surface area (Å²) in [7, 11) is 1.66. The highest BCUT2D eigenvalue weighted by molar-refractivity contribution is 6.30. The molecule has 0 saturated heterocycles. The van der Waals surface area contributed by atoms with Crippen molar-refractivity contribution in [3.8, 4) is 6.07 Å². The number of benzene rings is 1. The van der Waals surface area contributed by atoms with Crippen molar-refractivity contribution in [3.05, 3.63) is 46.1 Å². The summed E-state index contributed by atoms with van der Waals surface area (Å²) < 4.78 is 10.9. The lowest BCUT2D eigenvalue weighted by Crippen LogP contribution is -2.36. The molecule has 1 aliphatic carbocycles. The number of H-pyrrole nitrogens is 1. The van der Waals surface area contributed by atoms with E-state index in [1.807, 2.05) is 12.1 Å². The summed E-state index contributed by atoms with van der Waals surface area (Å²) >= 11 is 6.29. The Kier molecular flexibility index (Phi) is 5.83. The van der Waals surface area contributed by atoms with Gasteiger partial charge >= 0.3 is 5.97 Å². The molecule has 2 aromatic rings. The second kappa shape index (κ2) is 7.98. The summed E-state index contributed by atoms with van der Waals surface area (Å²) in [4.78, 5) is 16.2. The monoisotopic (exact) mass is 400 g/mol. The van der Waals surface area contributed by atoms with Crippen LogP contribution in [-0.2, 0) is 14.9 Å². The fourth-order valence-corrected chi connectivity index (χ4v) is 4.29. The Morgan fingerprint density at radius 2 is 2.18 bits per heavy atom. The number of fused-ring (bicyclic) bond motifs is 1. The van der Waals surface area contributed by atoms with Gasteiger partial charge in [-0.05, 0) is 37.8 Å². The predicted octanol–water partition coefficient (Wildman–Crippen LogP) is 5.04. The van der Waals surface area contributed by atoms with Crippen LogP contribution in [0.1, 0.15) is 55.2 Å². The number of hydrogen-bond donors (Lipinski definition) is 1. The molecule has 3 rings (SSSR count). The van der Waals surface area contributed by atoms with Crippen molar-refractivity contribution in [2.75, 3.05) is 13.7 Å². The summed E-state index contributed by atoms with van der Waals surface area (Å²) in [6.07, 6.45) is 3.43. The Labute approximate surface area is 170 Å². The third-order valence-corrected chi connectivity index (χ3v) is 6.16. The number of methoxy groups -OCH3 is 1. The zero-order valence-electron chi connectivity index (χ0n) is 16.6. The van der Waals surface area contributed by atoms with Crippen LogP contribution in [0.25, 0.3) is 10.9 Å². The smallest absolute Gasteiger partial charge is 0.340 e. The van der Waals surface area contributed by atoms with E-state index in [1.165, 1.54) is 0 Å². The molecule has 5 nitrogen and oxygen atoms in total. The van der Waals surface area contributed by atoms with E-state index in [1.54, 1.807) is 26.2 Å². The maximum atomic E-state index is 12.8. The molecule has 0 aliphatic heterocycles. The number of carbonyl (C=O) groups is 1. The fraction of sp³-hybridized carbons (Fsp3) is 0.455. The molecule has 1 aromatic heterocycles. The van der Waals surface area contributed by atoms with Crippen molar-refractivity contribution in [3.63, 3.8) is 0 Å². The third-order valence-electron chi connectivity index (χ3n) is 5.76. The number of aromatic nitrogens is 1. The highest BCUT2D eigenvalue weighted by Crippen LogP contribution is 2.44. The quantitative estimate of drug-likeness (QED) is 0.713. The molecule has 1 heterocycles. The first-order valence-corrected chi connectivity index (χ1v) is 9.83. The minimum Gasteiger partial charge on any atom is -0.462 e. The van der Waals surface area contributed by atoms with E-state index in [4.69, 9.17) is 21.1 Å². The molecule has 2 unspecified atom stereocenters. The van der Waals surface area contributed by atoms with E-state index < -0.39 is 0 Å². The van der Waals surface area contributed by atoms with Crippen LogP contribution in [0.3, 0.4) is 0 Å². The maximum absolute atomic E-state index is 12.8. The van der Waals surface area contributed by atoms with Crippen molar-refractivity contribution in [2.45, 2.75) is 45.1 Å². The number of rotatable bonds is 5. The van der Waals surface area contributed by atoms with Crippen LogP contribution in [0.15, 0.2) is 29.3 Å². The van der Waals surface area contributed by atoms with Crippen LogP contribution >= 0.6 is 11.6 Å². The number of ether oxygens (including phenoxy) is 2. The second-order valence-electron chi connectivity index (χ2n) is 7.67. The van der Waals surface area contributed by atoms with E-state index in [9.17, 15) is 10.1 Å². The normalized spacial score (nSPS) is 19.9. The number of aromatic amines is 1. The van der Waals surface area contributed by atoms with Gasteiger partial charge in [-0.2, -0.15) is 5.26 Å². The van der Waals surface area contributed by atoms with E-state index in [-0.39, 0.29) is 23.4 Å². The molecule has 1 N–H and O–H groups in total. The molecule has 0 radical (unpaired) electrons. The fourth-order valence-electron chi connectivity index (χ4n) is 4.02. The standard InChI is InChI=1S/C22H25ClN2O3/c1-5-28-21(26)19-15-8-6-13(12-24)10-17(15)25-20(19)22(2,3)14-7-9-16(23)18(11-14)27-4/h6,8-10,14,18,25H,5,7,11H2,1-4H3. The predicted molar refractivity (Wildman–Crippen MR) is 109 cm³/mol. The number of carbonyl (C=O) groups excluding carboxylic acids is 1. The molecule has 0 amide bonds. The van der Waals surface area contributed by atoms with Gasteiger partial charge in [0.1, 0.15) is 0 Å². The zero-order chi connectivity index (χ0) is 20.5. The van der Waals surface area contributed by atoms with Crippen LogP contribution < -0.4 is 0 Å². The number of nitrogens with zero attached hydrogens (tertiary/aromatic N) is 1. The summed E-state index contributed by atoms with van der Waals surface area (Å²) in [5, 5.41) is 10.7. The molecule has 28 heavy (non-hydrogen) atoms. The minimum absolute atomic E-state index is 0.139. The summed E-state index contributed by atoms with van der Waals surface area (Å²) in [6, 6.07) is 7.45. The molecule has 0 saturated carbocycles. The van der Waals surface area contributed by atoms with Crippen molar-refractivity contribution < 1.29 is 14.3 Å². The van der Waals surface area contributed by atoms with Crippen LogP contribution in [-0.4, -0.2) is 30.8 Å². The van der Waals surface area contributed by atoms with Crippen molar-refractivity contribution >= 4 is 28.5 Å². The minimum atomic E-state index is -0.362. The van der Waals surface area contributed by atoms with Gasteiger partial charge in [-0.1, -0.05) is 37.6 Å². The van der Waals surface area contributed by atoms with Gasteiger partial charge in [0.25, 0.3) is 0 Å². The molecule has 0 spiro atoms. The van der Waals surface area contributed by atoms with Crippen LogP contribution in [0.5, 0.6) is 0 Å². The van der Waals surface area contributed by atoms with Gasteiger partial charge in [0, 0.05) is 34.2 Å². The molecule has 0 fully saturated rings. The lowest BCUT2D eigenvalue weighted by Gasteiger charge is -2.38. The van der Waals surface area contributed by atoms with Gasteiger partial charge in [0.05, 0.1) is 29.9 Å². The molecule has 0 bridgehead atoms. The first-order chi connectivity index (χ1) is 13.3. The van der Waals surface area contributed by atoms with Crippen LogP contribution in [0.4, 0.5) is 0 Å². The molecule has 2 atom stereocenters. The van der Waals surface area contributed by atoms with Gasteiger partial charge in [0.15, 0.2) is 0 Å². The highest BCUT2D eigenvalue weighted by atomic mass is 35.5. The van der Waals surface area contributed by atoms with Gasteiger partial charge in [-0.15, -0.1) is 0 Å². The third kappa shape index (κ3) is 3.55. The Morgan fingerprint density at radius 3 is 2.82 bits per heavy atom.